The van der Waals surface area contributed by atoms with Crippen molar-refractivity contribution in [2.45, 2.75) is 20.4 Å². The van der Waals surface area contributed by atoms with Crippen molar-refractivity contribution in [1.29, 1.82) is 0 Å². The second kappa shape index (κ2) is 3.67. The number of aromatic nitrogens is 2. The highest BCUT2D eigenvalue weighted by atomic mass is 16.6. The zero-order chi connectivity index (χ0) is 10.0. The summed E-state index contributed by atoms with van der Waals surface area (Å²) in [5, 5.41) is 10.8. The Labute approximate surface area is 82.8 Å². The molecule has 1 N–H and O–H groups in total. The maximum absolute atomic E-state index is 5.16. The van der Waals surface area contributed by atoms with E-state index in [1.54, 1.807) is 0 Å². The second-order valence-corrected chi connectivity index (χ2v) is 4.20. The lowest BCUT2D eigenvalue weighted by atomic mass is 9.89. The first-order chi connectivity index (χ1) is 6.70. The Kier molecular flexibility index (Phi) is 2.52. The van der Waals surface area contributed by atoms with Crippen LogP contribution >= 0.6 is 0 Å². The van der Waals surface area contributed by atoms with Crippen LogP contribution in [-0.2, 0) is 11.3 Å². The lowest BCUT2D eigenvalue weighted by molar-refractivity contribution is -0.0992. The maximum atomic E-state index is 5.16. The van der Waals surface area contributed by atoms with Gasteiger partial charge in [-0.05, 0) is 6.92 Å². The van der Waals surface area contributed by atoms with Crippen LogP contribution in [0.1, 0.15) is 18.3 Å². The highest BCUT2D eigenvalue weighted by molar-refractivity contribution is 5.04. The summed E-state index contributed by atoms with van der Waals surface area (Å²) >= 11 is 0. The number of aryl methyl sites for hydroxylation is 1. The Balaban J connectivity index is 1.75. The van der Waals surface area contributed by atoms with Crippen molar-refractivity contribution in [1.82, 2.24) is 15.6 Å². The molecule has 0 saturated carbocycles. The molecule has 0 bridgehead atoms. The number of hydrogen-bond acceptors (Lipinski definition) is 5. The first-order valence-electron chi connectivity index (χ1n) is 4.76. The summed E-state index contributed by atoms with van der Waals surface area (Å²) in [5.74, 6) is 0. The summed E-state index contributed by atoms with van der Waals surface area (Å²) in [6.45, 7) is 7.44. The van der Waals surface area contributed by atoms with Crippen molar-refractivity contribution in [3.63, 3.8) is 0 Å². The molecule has 1 fully saturated rings. The van der Waals surface area contributed by atoms with Crippen LogP contribution in [0.3, 0.4) is 0 Å². The van der Waals surface area contributed by atoms with Crippen LogP contribution in [0.5, 0.6) is 0 Å². The maximum Gasteiger partial charge on any atom is 0.121 e. The first-order valence-corrected chi connectivity index (χ1v) is 4.76. The number of nitrogens with one attached hydrogen (secondary N) is 1. The second-order valence-electron chi connectivity index (χ2n) is 4.20. The van der Waals surface area contributed by atoms with E-state index in [0.717, 1.165) is 31.1 Å². The minimum atomic E-state index is 0.297. The molecule has 0 aliphatic carbocycles. The molecule has 0 aromatic carbocycles. The predicted octanol–water partition coefficient (Wildman–Crippen LogP) is 0.504. The van der Waals surface area contributed by atoms with Gasteiger partial charge in [-0.3, -0.25) is 0 Å². The molecule has 0 spiro atoms. The van der Waals surface area contributed by atoms with Crippen LogP contribution in [0.2, 0.25) is 0 Å². The molecule has 78 valence electrons. The third kappa shape index (κ3) is 1.93. The molecule has 0 unspecified atom stereocenters. The highest BCUT2D eigenvalue weighted by Gasteiger charge is 2.32. The van der Waals surface area contributed by atoms with Crippen LogP contribution < -0.4 is 5.32 Å². The summed E-state index contributed by atoms with van der Waals surface area (Å²) in [6, 6.07) is 0. The smallest absolute Gasteiger partial charge is 0.121 e. The monoisotopic (exact) mass is 197 g/mol. The Bertz CT molecular complexity index is 307. The summed E-state index contributed by atoms with van der Waals surface area (Å²) in [6.07, 6.45) is 0. The van der Waals surface area contributed by atoms with E-state index in [-0.39, 0.29) is 0 Å². The van der Waals surface area contributed by atoms with Crippen molar-refractivity contribution in [3.05, 3.63) is 11.4 Å². The summed E-state index contributed by atoms with van der Waals surface area (Å²) in [5.41, 5.74) is 2.03. The molecule has 5 heteroatoms. The summed E-state index contributed by atoms with van der Waals surface area (Å²) < 4.78 is 9.77. The van der Waals surface area contributed by atoms with E-state index in [1.165, 1.54) is 0 Å². The molecule has 0 amide bonds. The van der Waals surface area contributed by atoms with Crippen LogP contribution in [0.25, 0.3) is 0 Å². The zero-order valence-corrected chi connectivity index (χ0v) is 8.54. The predicted molar refractivity (Wildman–Crippen MR) is 49.7 cm³/mol. The standard InChI is InChI=1S/C9H15N3O2/c1-7-8(12-14-11-7)3-10-4-9(2)5-13-6-9/h10H,3-6H2,1-2H3. The molecule has 1 aliphatic heterocycles. The van der Waals surface area contributed by atoms with E-state index in [9.17, 15) is 0 Å². The molecular formula is C9H15N3O2. The minimum absolute atomic E-state index is 0.297. The third-order valence-electron chi connectivity index (χ3n) is 2.49. The van der Waals surface area contributed by atoms with Crippen molar-refractivity contribution in [2.24, 2.45) is 5.41 Å². The molecule has 0 atom stereocenters. The molecule has 1 saturated heterocycles. The Morgan fingerprint density at radius 2 is 2.21 bits per heavy atom. The molecule has 5 nitrogen and oxygen atoms in total. The topological polar surface area (TPSA) is 60.2 Å². The fourth-order valence-electron chi connectivity index (χ4n) is 1.45. The lowest BCUT2D eigenvalue weighted by Crippen LogP contribution is -2.47. The summed E-state index contributed by atoms with van der Waals surface area (Å²) in [7, 11) is 0. The van der Waals surface area contributed by atoms with E-state index >= 15 is 0 Å². The average molecular weight is 197 g/mol. The first kappa shape index (κ1) is 9.61. The van der Waals surface area contributed by atoms with Gasteiger partial charge in [0.05, 0.1) is 13.2 Å². The van der Waals surface area contributed by atoms with Gasteiger partial charge in [-0.1, -0.05) is 17.2 Å². The fraction of sp³-hybridized carbons (Fsp3) is 0.778. The molecule has 1 aromatic heterocycles. The van der Waals surface area contributed by atoms with Crippen LogP contribution in [0.4, 0.5) is 0 Å². The van der Waals surface area contributed by atoms with E-state index in [2.05, 4.69) is 27.2 Å². The van der Waals surface area contributed by atoms with Gasteiger partial charge in [-0.15, -0.1) is 0 Å². The van der Waals surface area contributed by atoms with Crippen LogP contribution in [0, 0.1) is 12.3 Å². The van der Waals surface area contributed by atoms with Crippen LogP contribution in [-0.4, -0.2) is 30.1 Å². The van der Waals surface area contributed by atoms with Crippen molar-refractivity contribution in [3.8, 4) is 0 Å². The molecule has 2 heterocycles. The van der Waals surface area contributed by atoms with Gasteiger partial charge in [0.2, 0.25) is 0 Å². The van der Waals surface area contributed by atoms with Crippen LogP contribution in [0.15, 0.2) is 4.63 Å². The average Bonchev–Trinajstić information content (AvgIpc) is 2.49. The molecule has 1 aliphatic rings. The van der Waals surface area contributed by atoms with Gasteiger partial charge in [-0.2, -0.15) is 0 Å². The number of ether oxygens (including phenoxy) is 1. The Hall–Kier alpha value is -0.940. The van der Waals surface area contributed by atoms with Gasteiger partial charge in [0.25, 0.3) is 0 Å². The fourth-order valence-corrected chi connectivity index (χ4v) is 1.45. The van der Waals surface area contributed by atoms with E-state index in [1.807, 2.05) is 6.92 Å². The van der Waals surface area contributed by atoms with E-state index in [0.29, 0.717) is 12.0 Å². The Morgan fingerprint density at radius 1 is 1.43 bits per heavy atom. The zero-order valence-electron chi connectivity index (χ0n) is 8.54. The normalized spacial score (nSPS) is 19.3. The molecule has 1 aromatic rings. The lowest BCUT2D eigenvalue weighted by Gasteiger charge is -2.38. The van der Waals surface area contributed by atoms with Gasteiger partial charge in [-0.25, -0.2) is 4.63 Å². The minimum Gasteiger partial charge on any atom is -0.380 e. The summed E-state index contributed by atoms with van der Waals surface area (Å²) in [4.78, 5) is 0. The van der Waals surface area contributed by atoms with Crippen molar-refractivity contribution >= 4 is 0 Å². The molecule has 14 heavy (non-hydrogen) atoms. The highest BCUT2D eigenvalue weighted by Crippen LogP contribution is 2.25. The number of rotatable bonds is 4. The van der Waals surface area contributed by atoms with Gasteiger partial charge in [0, 0.05) is 18.5 Å². The molecule has 0 radical (unpaired) electrons. The van der Waals surface area contributed by atoms with Crippen molar-refractivity contribution in [2.75, 3.05) is 19.8 Å². The van der Waals surface area contributed by atoms with Gasteiger partial charge in [0.1, 0.15) is 11.4 Å². The SMILES string of the molecule is Cc1nonc1CNCC1(C)COC1. The molecule has 2 rings (SSSR count). The molecular weight excluding hydrogens is 182 g/mol. The largest absolute Gasteiger partial charge is 0.380 e. The number of nitrogens with zero attached hydrogens (tertiary/aromatic N) is 2. The van der Waals surface area contributed by atoms with Crippen molar-refractivity contribution < 1.29 is 9.37 Å². The van der Waals surface area contributed by atoms with Gasteiger partial charge in [0.15, 0.2) is 0 Å². The van der Waals surface area contributed by atoms with E-state index < -0.39 is 0 Å². The number of hydrogen-bond donors (Lipinski definition) is 1. The third-order valence-corrected chi connectivity index (χ3v) is 2.49. The van der Waals surface area contributed by atoms with E-state index in [4.69, 9.17) is 4.74 Å². The quantitative estimate of drug-likeness (QED) is 0.761. The van der Waals surface area contributed by atoms with Gasteiger partial charge >= 0.3 is 0 Å². The Morgan fingerprint density at radius 3 is 2.71 bits per heavy atom. The van der Waals surface area contributed by atoms with Gasteiger partial charge < -0.3 is 10.1 Å².